The van der Waals surface area contributed by atoms with Gasteiger partial charge in [0.2, 0.25) is 0 Å². The first-order valence-corrected chi connectivity index (χ1v) is 9.87. The molecule has 0 radical (unpaired) electrons. The van der Waals surface area contributed by atoms with Gasteiger partial charge >= 0.3 is 0 Å². The lowest BCUT2D eigenvalue weighted by molar-refractivity contribution is 0.0730. The Morgan fingerprint density at radius 3 is 2.50 bits per heavy atom. The van der Waals surface area contributed by atoms with Crippen LogP contribution in [0.25, 0.3) is 11.3 Å². The highest BCUT2D eigenvalue weighted by Crippen LogP contribution is 2.43. The molecular formula is C25H20FN3O. The summed E-state index contributed by atoms with van der Waals surface area (Å²) in [5, 5.41) is 7.41. The zero-order valence-corrected chi connectivity index (χ0v) is 16.5. The Morgan fingerprint density at radius 2 is 1.77 bits per heavy atom. The second kappa shape index (κ2) is 7.26. The monoisotopic (exact) mass is 397 g/mol. The van der Waals surface area contributed by atoms with Gasteiger partial charge in [0.05, 0.1) is 11.7 Å². The Labute approximate surface area is 174 Å². The maximum atomic E-state index is 14.1. The van der Waals surface area contributed by atoms with E-state index in [1.165, 1.54) is 12.1 Å². The summed E-state index contributed by atoms with van der Waals surface area (Å²) < 4.78 is 14.1. The number of benzene rings is 3. The van der Waals surface area contributed by atoms with Crippen LogP contribution in [-0.4, -0.2) is 21.0 Å². The molecule has 0 saturated carbocycles. The van der Waals surface area contributed by atoms with Gasteiger partial charge in [-0.25, -0.2) is 4.39 Å². The molecular weight excluding hydrogens is 377 g/mol. The van der Waals surface area contributed by atoms with Gasteiger partial charge in [-0.1, -0.05) is 72.3 Å². The van der Waals surface area contributed by atoms with E-state index in [0.29, 0.717) is 12.2 Å². The van der Waals surface area contributed by atoms with E-state index in [1.54, 1.807) is 11.0 Å². The largest absolute Gasteiger partial charge is 0.322 e. The number of aromatic amines is 1. The summed E-state index contributed by atoms with van der Waals surface area (Å²) in [4.78, 5) is 15.1. The third-order valence-electron chi connectivity index (χ3n) is 5.55. The summed E-state index contributed by atoms with van der Waals surface area (Å²) in [7, 11) is 0. The van der Waals surface area contributed by atoms with Crippen LogP contribution < -0.4 is 0 Å². The molecule has 1 aromatic heterocycles. The molecule has 1 unspecified atom stereocenters. The first kappa shape index (κ1) is 18.3. The number of carbonyl (C=O) groups excluding carboxylic acids is 1. The standard InChI is InChI=1S/C25H20FN3O/c1-16-10-12-18(13-11-16)22-21-23(28-27-22)25(30)29(15-17-6-3-2-4-7-17)24(21)19-8-5-9-20(26)14-19/h2-14,24H,15H2,1H3,(H,27,28). The number of aromatic nitrogens is 2. The van der Waals surface area contributed by atoms with Gasteiger partial charge in [-0.05, 0) is 30.2 Å². The predicted molar refractivity (Wildman–Crippen MR) is 113 cm³/mol. The molecule has 0 aliphatic carbocycles. The number of hydrogen-bond donors (Lipinski definition) is 1. The smallest absolute Gasteiger partial charge is 0.273 e. The molecule has 1 amide bonds. The third kappa shape index (κ3) is 3.08. The van der Waals surface area contributed by atoms with Gasteiger partial charge in [-0.2, -0.15) is 5.10 Å². The van der Waals surface area contributed by atoms with Crippen molar-refractivity contribution in [2.45, 2.75) is 19.5 Å². The predicted octanol–water partition coefficient (Wildman–Crippen LogP) is 5.27. The van der Waals surface area contributed by atoms with E-state index >= 15 is 0 Å². The van der Waals surface area contributed by atoms with E-state index in [9.17, 15) is 9.18 Å². The Balaban J connectivity index is 1.66. The quantitative estimate of drug-likeness (QED) is 0.510. The molecule has 3 aromatic carbocycles. The second-order valence-corrected chi connectivity index (χ2v) is 7.60. The summed E-state index contributed by atoms with van der Waals surface area (Å²) in [6.07, 6.45) is 0. The number of H-pyrrole nitrogens is 1. The van der Waals surface area contributed by atoms with Crippen LogP contribution in [0.5, 0.6) is 0 Å². The van der Waals surface area contributed by atoms with E-state index in [0.717, 1.165) is 33.5 Å². The van der Waals surface area contributed by atoms with E-state index in [-0.39, 0.29) is 11.7 Å². The van der Waals surface area contributed by atoms with Crippen molar-refractivity contribution in [3.63, 3.8) is 0 Å². The summed E-state index contributed by atoms with van der Waals surface area (Å²) in [6, 6.07) is 23.9. The lowest BCUT2D eigenvalue weighted by atomic mass is 9.95. The molecule has 5 rings (SSSR count). The first-order valence-electron chi connectivity index (χ1n) is 9.87. The molecule has 1 atom stereocenters. The van der Waals surface area contributed by atoms with E-state index in [2.05, 4.69) is 10.2 Å². The molecule has 0 spiro atoms. The second-order valence-electron chi connectivity index (χ2n) is 7.60. The molecule has 0 bridgehead atoms. The Kier molecular flexibility index (Phi) is 4.43. The van der Waals surface area contributed by atoms with Crippen molar-refractivity contribution in [3.8, 4) is 11.3 Å². The molecule has 1 aliphatic heterocycles. The SMILES string of the molecule is Cc1ccc(-c2n[nH]c3c2C(c2cccc(F)c2)N(Cc2ccccc2)C3=O)cc1. The topological polar surface area (TPSA) is 49.0 Å². The van der Waals surface area contributed by atoms with Crippen LogP contribution in [0.4, 0.5) is 4.39 Å². The third-order valence-corrected chi connectivity index (χ3v) is 5.55. The van der Waals surface area contributed by atoms with Gasteiger partial charge in [-0.15, -0.1) is 0 Å². The van der Waals surface area contributed by atoms with Crippen LogP contribution in [-0.2, 0) is 6.54 Å². The minimum Gasteiger partial charge on any atom is -0.322 e. The van der Waals surface area contributed by atoms with Crippen molar-refractivity contribution in [2.75, 3.05) is 0 Å². The van der Waals surface area contributed by atoms with Crippen LogP contribution in [0.1, 0.15) is 38.8 Å². The number of nitrogens with zero attached hydrogens (tertiary/aromatic N) is 2. The van der Waals surface area contributed by atoms with Crippen LogP contribution in [0, 0.1) is 12.7 Å². The van der Waals surface area contributed by atoms with Gasteiger partial charge in [0.1, 0.15) is 11.5 Å². The number of aryl methyl sites for hydroxylation is 1. The van der Waals surface area contributed by atoms with E-state index in [1.807, 2.05) is 67.6 Å². The highest BCUT2D eigenvalue weighted by Gasteiger charge is 2.42. The highest BCUT2D eigenvalue weighted by molar-refractivity contribution is 6.00. The molecule has 2 heterocycles. The Morgan fingerprint density at radius 1 is 1.00 bits per heavy atom. The molecule has 30 heavy (non-hydrogen) atoms. The Bertz CT molecular complexity index is 1210. The number of hydrogen-bond acceptors (Lipinski definition) is 2. The van der Waals surface area contributed by atoms with Crippen LogP contribution in [0.3, 0.4) is 0 Å². The molecule has 0 saturated heterocycles. The zero-order valence-electron chi connectivity index (χ0n) is 16.5. The molecule has 4 aromatic rings. The minimum atomic E-state index is -0.418. The van der Waals surface area contributed by atoms with Gasteiger partial charge in [-0.3, -0.25) is 9.89 Å². The van der Waals surface area contributed by atoms with Crippen LogP contribution in [0.2, 0.25) is 0 Å². The lowest BCUT2D eigenvalue weighted by Crippen LogP contribution is -2.29. The fourth-order valence-corrected chi connectivity index (χ4v) is 4.09. The van der Waals surface area contributed by atoms with Crippen molar-refractivity contribution < 1.29 is 9.18 Å². The molecule has 4 nitrogen and oxygen atoms in total. The van der Waals surface area contributed by atoms with Crippen molar-refractivity contribution in [2.24, 2.45) is 0 Å². The number of nitrogens with one attached hydrogen (secondary N) is 1. The van der Waals surface area contributed by atoms with Gasteiger partial charge in [0.15, 0.2) is 0 Å². The number of fused-ring (bicyclic) bond motifs is 1. The van der Waals surface area contributed by atoms with Crippen molar-refractivity contribution >= 4 is 5.91 Å². The zero-order chi connectivity index (χ0) is 20.7. The number of amides is 1. The van der Waals surface area contributed by atoms with Crippen LogP contribution >= 0.6 is 0 Å². The first-order chi connectivity index (χ1) is 14.6. The summed E-state index contributed by atoms with van der Waals surface area (Å²) >= 11 is 0. The average Bonchev–Trinajstić information content (AvgIpc) is 3.29. The van der Waals surface area contributed by atoms with Crippen molar-refractivity contribution in [1.29, 1.82) is 0 Å². The molecule has 1 N–H and O–H groups in total. The molecule has 148 valence electrons. The van der Waals surface area contributed by atoms with Crippen molar-refractivity contribution in [1.82, 2.24) is 15.1 Å². The Hall–Kier alpha value is -3.73. The number of halogens is 1. The van der Waals surface area contributed by atoms with E-state index in [4.69, 9.17) is 0 Å². The number of rotatable bonds is 4. The molecule has 0 fully saturated rings. The fraction of sp³-hybridized carbons (Fsp3) is 0.120. The molecule has 1 aliphatic rings. The summed E-state index contributed by atoms with van der Waals surface area (Å²) in [5.74, 6) is -0.456. The lowest BCUT2D eigenvalue weighted by Gasteiger charge is -2.26. The average molecular weight is 397 g/mol. The maximum absolute atomic E-state index is 14.1. The number of carbonyl (C=O) groups is 1. The van der Waals surface area contributed by atoms with Crippen molar-refractivity contribution in [3.05, 3.63) is 113 Å². The van der Waals surface area contributed by atoms with Gasteiger partial charge in [0.25, 0.3) is 5.91 Å². The van der Waals surface area contributed by atoms with E-state index < -0.39 is 6.04 Å². The summed E-state index contributed by atoms with van der Waals surface area (Å²) in [5.41, 5.74) is 5.81. The summed E-state index contributed by atoms with van der Waals surface area (Å²) in [6.45, 7) is 2.45. The normalized spacial score (nSPS) is 15.5. The van der Waals surface area contributed by atoms with Gasteiger partial charge < -0.3 is 4.90 Å². The molecule has 5 heteroatoms. The maximum Gasteiger partial charge on any atom is 0.273 e. The highest BCUT2D eigenvalue weighted by atomic mass is 19.1. The fourth-order valence-electron chi connectivity index (χ4n) is 4.09. The van der Waals surface area contributed by atoms with Crippen LogP contribution in [0.15, 0.2) is 78.9 Å². The minimum absolute atomic E-state index is 0.131. The van der Waals surface area contributed by atoms with Gasteiger partial charge in [0, 0.05) is 17.7 Å².